The van der Waals surface area contributed by atoms with Crippen molar-refractivity contribution in [2.24, 2.45) is 7.05 Å². The van der Waals surface area contributed by atoms with Crippen LogP contribution in [0.3, 0.4) is 0 Å². The number of aromatic nitrogens is 3. The molecule has 0 radical (unpaired) electrons. The van der Waals surface area contributed by atoms with Crippen molar-refractivity contribution in [1.29, 1.82) is 0 Å². The molecule has 0 saturated carbocycles. The van der Waals surface area contributed by atoms with Crippen LogP contribution in [0.1, 0.15) is 41.4 Å². The Bertz CT molecular complexity index is 1050. The van der Waals surface area contributed by atoms with Gasteiger partial charge in [-0.25, -0.2) is 9.37 Å². The van der Waals surface area contributed by atoms with Crippen molar-refractivity contribution >= 4 is 11.7 Å². The lowest BCUT2D eigenvalue weighted by atomic mass is 10.0. The number of rotatable bonds is 5. The Labute approximate surface area is 163 Å². The van der Waals surface area contributed by atoms with Crippen molar-refractivity contribution < 1.29 is 9.18 Å². The van der Waals surface area contributed by atoms with E-state index in [1.165, 1.54) is 6.07 Å². The van der Waals surface area contributed by atoms with Gasteiger partial charge in [0, 0.05) is 42.7 Å². The third kappa shape index (κ3) is 3.13. The molecule has 28 heavy (non-hydrogen) atoms. The second kappa shape index (κ2) is 7.07. The molecule has 1 aliphatic rings. The second-order valence-electron chi connectivity index (χ2n) is 6.98. The predicted molar refractivity (Wildman–Crippen MR) is 105 cm³/mol. The summed E-state index contributed by atoms with van der Waals surface area (Å²) in [5.41, 5.74) is 3.45. The lowest BCUT2D eigenvalue weighted by Crippen LogP contribution is -2.22. The molecule has 0 spiro atoms. The molecular formula is C21H22FN5O. The molecule has 6 nitrogen and oxygen atoms in total. The van der Waals surface area contributed by atoms with E-state index in [-0.39, 0.29) is 17.8 Å². The van der Waals surface area contributed by atoms with E-state index in [0.717, 1.165) is 11.1 Å². The molecule has 1 N–H and O–H groups in total. The zero-order chi connectivity index (χ0) is 19.8. The summed E-state index contributed by atoms with van der Waals surface area (Å²) in [6.45, 7) is 5.10. The van der Waals surface area contributed by atoms with E-state index < -0.39 is 0 Å². The minimum absolute atomic E-state index is 0.0290. The SMILES string of the molecule is CCN1Cc2c(ccnc2NC(C)c2ccc(-c3ccn(C)n3)c(F)c2)C1=O. The van der Waals surface area contributed by atoms with Gasteiger partial charge in [-0.05, 0) is 43.7 Å². The molecule has 1 atom stereocenters. The van der Waals surface area contributed by atoms with Gasteiger partial charge in [-0.15, -0.1) is 0 Å². The maximum atomic E-state index is 14.7. The molecular weight excluding hydrogens is 357 g/mol. The van der Waals surface area contributed by atoms with E-state index in [2.05, 4.69) is 15.4 Å². The Hall–Kier alpha value is -3.22. The third-order valence-electron chi connectivity index (χ3n) is 5.14. The summed E-state index contributed by atoms with van der Waals surface area (Å²) in [7, 11) is 1.80. The summed E-state index contributed by atoms with van der Waals surface area (Å²) in [6.07, 6.45) is 3.42. The van der Waals surface area contributed by atoms with Crippen molar-refractivity contribution in [3.8, 4) is 11.3 Å². The van der Waals surface area contributed by atoms with Gasteiger partial charge in [0.25, 0.3) is 5.91 Å². The summed E-state index contributed by atoms with van der Waals surface area (Å²) >= 11 is 0. The van der Waals surface area contributed by atoms with E-state index in [4.69, 9.17) is 0 Å². The molecule has 1 aliphatic heterocycles. The fraction of sp³-hybridized carbons (Fsp3) is 0.286. The zero-order valence-corrected chi connectivity index (χ0v) is 16.1. The number of anilines is 1. The molecule has 0 bridgehead atoms. The first kappa shape index (κ1) is 18.2. The topological polar surface area (TPSA) is 63.1 Å². The Morgan fingerprint density at radius 3 is 2.75 bits per heavy atom. The number of halogens is 1. The van der Waals surface area contributed by atoms with Gasteiger partial charge in [-0.1, -0.05) is 6.07 Å². The molecule has 4 rings (SSSR count). The highest BCUT2D eigenvalue weighted by molar-refractivity contribution is 5.99. The first-order chi connectivity index (χ1) is 13.5. The lowest BCUT2D eigenvalue weighted by Gasteiger charge is -2.18. The van der Waals surface area contributed by atoms with Gasteiger partial charge in [0.15, 0.2) is 0 Å². The van der Waals surface area contributed by atoms with Crippen LogP contribution in [0.5, 0.6) is 0 Å². The van der Waals surface area contributed by atoms with Gasteiger partial charge in [0.2, 0.25) is 0 Å². The molecule has 3 aromatic rings. The number of hydrogen-bond donors (Lipinski definition) is 1. The number of fused-ring (bicyclic) bond motifs is 1. The fourth-order valence-electron chi connectivity index (χ4n) is 3.52. The Kier molecular flexibility index (Phi) is 4.58. The van der Waals surface area contributed by atoms with Crippen LogP contribution in [-0.2, 0) is 13.6 Å². The van der Waals surface area contributed by atoms with Gasteiger partial charge in [0.05, 0.1) is 18.3 Å². The maximum absolute atomic E-state index is 14.7. The molecule has 1 unspecified atom stereocenters. The van der Waals surface area contributed by atoms with Crippen LogP contribution in [0.25, 0.3) is 11.3 Å². The number of pyridine rings is 1. The van der Waals surface area contributed by atoms with E-state index in [1.807, 2.05) is 19.9 Å². The van der Waals surface area contributed by atoms with E-state index in [0.29, 0.717) is 35.7 Å². The van der Waals surface area contributed by atoms with Crippen molar-refractivity contribution in [3.63, 3.8) is 0 Å². The van der Waals surface area contributed by atoms with Crippen LogP contribution in [0.15, 0.2) is 42.7 Å². The molecule has 1 amide bonds. The minimum Gasteiger partial charge on any atom is -0.363 e. The molecule has 3 heterocycles. The van der Waals surface area contributed by atoms with E-state index in [1.54, 1.807) is 47.2 Å². The monoisotopic (exact) mass is 379 g/mol. The van der Waals surface area contributed by atoms with Crippen LogP contribution in [0.4, 0.5) is 10.2 Å². The molecule has 144 valence electrons. The summed E-state index contributed by atoms with van der Waals surface area (Å²) < 4.78 is 16.3. The van der Waals surface area contributed by atoms with Gasteiger partial charge < -0.3 is 10.2 Å². The number of benzene rings is 1. The average Bonchev–Trinajstić information content (AvgIpc) is 3.25. The first-order valence-electron chi connectivity index (χ1n) is 9.31. The number of nitrogens with one attached hydrogen (secondary N) is 1. The average molecular weight is 379 g/mol. The smallest absolute Gasteiger partial charge is 0.254 e. The number of aryl methyl sites for hydroxylation is 1. The van der Waals surface area contributed by atoms with Gasteiger partial charge in [-0.3, -0.25) is 9.48 Å². The van der Waals surface area contributed by atoms with Crippen LogP contribution in [-0.4, -0.2) is 32.1 Å². The fourth-order valence-corrected chi connectivity index (χ4v) is 3.52. The minimum atomic E-state index is -0.316. The number of carbonyl (C=O) groups excluding carboxylic acids is 1. The molecule has 7 heteroatoms. The summed E-state index contributed by atoms with van der Waals surface area (Å²) in [4.78, 5) is 18.6. The summed E-state index contributed by atoms with van der Waals surface area (Å²) in [5.74, 6) is 0.383. The third-order valence-corrected chi connectivity index (χ3v) is 5.14. The second-order valence-corrected chi connectivity index (χ2v) is 6.98. The summed E-state index contributed by atoms with van der Waals surface area (Å²) in [6, 6.07) is 8.53. The molecule has 2 aromatic heterocycles. The van der Waals surface area contributed by atoms with Crippen LogP contribution >= 0.6 is 0 Å². The molecule has 1 aromatic carbocycles. The first-order valence-corrected chi connectivity index (χ1v) is 9.31. The van der Waals surface area contributed by atoms with Crippen LogP contribution in [0.2, 0.25) is 0 Å². The van der Waals surface area contributed by atoms with Crippen molar-refractivity contribution in [2.45, 2.75) is 26.4 Å². The largest absolute Gasteiger partial charge is 0.363 e. The number of hydrogen-bond acceptors (Lipinski definition) is 4. The van der Waals surface area contributed by atoms with Crippen molar-refractivity contribution in [3.05, 3.63) is 65.2 Å². The highest BCUT2D eigenvalue weighted by atomic mass is 19.1. The normalized spacial score (nSPS) is 14.3. The Morgan fingerprint density at radius 2 is 2.07 bits per heavy atom. The molecule has 0 saturated heterocycles. The Balaban J connectivity index is 1.58. The number of carbonyl (C=O) groups is 1. The van der Waals surface area contributed by atoms with E-state index in [9.17, 15) is 9.18 Å². The maximum Gasteiger partial charge on any atom is 0.254 e. The van der Waals surface area contributed by atoms with Crippen molar-refractivity contribution in [1.82, 2.24) is 19.7 Å². The molecule has 0 fully saturated rings. The van der Waals surface area contributed by atoms with Crippen LogP contribution < -0.4 is 5.32 Å². The quantitative estimate of drug-likeness (QED) is 0.733. The standard InChI is InChI=1S/C21H22FN5O/c1-4-27-12-17-15(21(27)28)7-9-23-20(17)24-13(2)14-5-6-16(18(22)11-14)19-8-10-26(3)25-19/h5-11,13H,4,12H2,1-3H3,(H,23,24). The summed E-state index contributed by atoms with van der Waals surface area (Å²) in [5, 5.41) is 7.60. The van der Waals surface area contributed by atoms with Gasteiger partial charge in [-0.2, -0.15) is 5.10 Å². The predicted octanol–water partition coefficient (Wildman–Crippen LogP) is 3.77. The van der Waals surface area contributed by atoms with Crippen molar-refractivity contribution in [2.75, 3.05) is 11.9 Å². The van der Waals surface area contributed by atoms with Gasteiger partial charge >= 0.3 is 0 Å². The highest BCUT2D eigenvalue weighted by Crippen LogP contribution is 2.31. The van der Waals surface area contributed by atoms with Gasteiger partial charge in [0.1, 0.15) is 11.6 Å². The highest BCUT2D eigenvalue weighted by Gasteiger charge is 2.29. The molecule has 0 aliphatic carbocycles. The lowest BCUT2D eigenvalue weighted by molar-refractivity contribution is 0.0787. The number of amides is 1. The van der Waals surface area contributed by atoms with E-state index >= 15 is 0 Å². The zero-order valence-electron chi connectivity index (χ0n) is 16.1. The number of nitrogens with zero attached hydrogens (tertiary/aromatic N) is 4. The Morgan fingerprint density at radius 1 is 1.25 bits per heavy atom. The van der Waals surface area contributed by atoms with Crippen LogP contribution in [0, 0.1) is 5.82 Å².